The number of H-pyrrole nitrogens is 1. The average Bonchev–Trinajstić information content (AvgIpc) is 2.65. The number of aldehydes is 1. The van der Waals surface area contributed by atoms with Crippen molar-refractivity contribution in [1.29, 1.82) is 0 Å². The molecule has 0 aliphatic rings. The maximum absolute atomic E-state index is 11.2. The second kappa shape index (κ2) is 5.10. The van der Waals surface area contributed by atoms with Gasteiger partial charge in [0.1, 0.15) is 0 Å². The molecule has 0 unspecified atom stereocenters. The summed E-state index contributed by atoms with van der Waals surface area (Å²) >= 11 is 5.85. The second-order valence-electron chi connectivity index (χ2n) is 3.46. The standard InChI is InChI=1S/C12H10ClNO4/c1-2-17-12(16)18-11-9(6-15)8-5-7(13)3-4-10(8)14-11/h3-6,14H,2H2,1H3. The highest BCUT2D eigenvalue weighted by Gasteiger charge is 2.16. The van der Waals surface area contributed by atoms with Crippen molar-refractivity contribution >= 4 is 34.9 Å². The summed E-state index contributed by atoms with van der Waals surface area (Å²) in [5.74, 6) is 0.0562. The fraction of sp³-hybridized carbons (Fsp3) is 0.167. The van der Waals surface area contributed by atoms with Crippen molar-refractivity contribution in [3.63, 3.8) is 0 Å². The zero-order valence-electron chi connectivity index (χ0n) is 9.53. The molecule has 94 valence electrons. The van der Waals surface area contributed by atoms with Gasteiger partial charge in [-0.25, -0.2) is 4.79 Å². The van der Waals surface area contributed by atoms with Gasteiger partial charge in [0.15, 0.2) is 6.29 Å². The Morgan fingerprint density at radius 2 is 2.28 bits per heavy atom. The van der Waals surface area contributed by atoms with Crippen LogP contribution in [0.1, 0.15) is 17.3 Å². The lowest BCUT2D eigenvalue weighted by atomic mass is 10.2. The predicted molar refractivity (Wildman–Crippen MR) is 66.3 cm³/mol. The minimum absolute atomic E-state index is 0.0562. The Balaban J connectivity index is 2.44. The topological polar surface area (TPSA) is 68.4 Å². The minimum Gasteiger partial charge on any atom is -0.434 e. The van der Waals surface area contributed by atoms with E-state index in [2.05, 4.69) is 9.72 Å². The van der Waals surface area contributed by atoms with E-state index in [1.165, 1.54) is 0 Å². The monoisotopic (exact) mass is 267 g/mol. The Morgan fingerprint density at radius 1 is 1.50 bits per heavy atom. The molecule has 0 radical (unpaired) electrons. The van der Waals surface area contributed by atoms with E-state index in [0.717, 1.165) is 0 Å². The van der Waals surface area contributed by atoms with Gasteiger partial charge in [-0.1, -0.05) is 11.6 Å². The van der Waals surface area contributed by atoms with E-state index in [9.17, 15) is 9.59 Å². The summed E-state index contributed by atoms with van der Waals surface area (Å²) in [6.07, 6.45) is -0.262. The van der Waals surface area contributed by atoms with Gasteiger partial charge in [0, 0.05) is 15.9 Å². The first-order valence-corrected chi connectivity index (χ1v) is 5.64. The van der Waals surface area contributed by atoms with Crippen molar-refractivity contribution in [2.24, 2.45) is 0 Å². The highest BCUT2D eigenvalue weighted by Crippen LogP contribution is 2.29. The summed E-state index contributed by atoms with van der Waals surface area (Å²) < 4.78 is 9.55. The van der Waals surface area contributed by atoms with Crippen molar-refractivity contribution in [2.75, 3.05) is 6.61 Å². The largest absolute Gasteiger partial charge is 0.515 e. The molecule has 0 aliphatic heterocycles. The molecule has 2 rings (SSSR count). The molecule has 0 amide bonds. The number of hydrogen-bond donors (Lipinski definition) is 1. The normalized spacial score (nSPS) is 10.3. The van der Waals surface area contributed by atoms with Gasteiger partial charge >= 0.3 is 6.16 Å². The van der Waals surface area contributed by atoms with Gasteiger partial charge in [-0.2, -0.15) is 0 Å². The Hall–Kier alpha value is -2.01. The maximum Gasteiger partial charge on any atom is 0.515 e. The number of nitrogens with one attached hydrogen (secondary N) is 1. The molecule has 0 saturated carbocycles. The van der Waals surface area contributed by atoms with Crippen molar-refractivity contribution in [3.8, 4) is 5.88 Å². The number of ether oxygens (including phenoxy) is 2. The van der Waals surface area contributed by atoms with Crippen molar-refractivity contribution in [1.82, 2.24) is 4.98 Å². The number of fused-ring (bicyclic) bond motifs is 1. The Labute approximate surface area is 108 Å². The van der Waals surface area contributed by atoms with E-state index < -0.39 is 6.16 Å². The summed E-state index contributed by atoms with van der Waals surface area (Å²) in [7, 11) is 0. The molecule has 1 heterocycles. The number of halogens is 1. The fourth-order valence-corrected chi connectivity index (χ4v) is 1.76. The second-order valence-corrected chi connectivity index (χ2v) is 3.90. The zero-order chi connectivity index (χ0) is 13.1. The zero-order valence-corrected chi connectivity index (χ0v) is 10.3. The Morgan fingerprint density at radius 3 is 2.94 bits per heavy atom. The van der Waals surface area contributed by atoms with E-state index in [-0.39, 0.29) is 18.1 Å². The van der Waals surface area contributed by atoms with E-state index in [1.54, 1.807) is 25.1 Å². The molecule has 0 aliphatic carbocycles. The third-order valence-corrected chi connectivity index (χ3v) is 2.57. The van der Waals surface area contributed by atoms with Crippen LogP contribution in [0.4, 0.5) is 4.79 Å². The number of carbonyl (C=O) groups is 2. The van der Waals surface area contributed by atoms with Gasteiger partial charge < -0.3 is 14.5 Å². The molecule has 0 spiro atoms. The lowest BCUT2D eigenvalue weighted by Gasteiger charge is -2.01. The molecule has 18 heavy (non-hydrogen) atoms. The van der Waals surface area contributed by atoms with Gasteiger partial charge in [0.05, 0.1) is 12.2 Å². The molecule has 1 aromatic heterocycles. The van der Waals surface area contributed by atoms with Crippen LogP contribution in [0, 0.1) is 0 Å². The highest BCUT2D eigenvalue weighted by molar-refractivity contribution is 6.31. The van der Waals surface area contributed by atoms with Crippen LogP contribution >= 0.6 is 11.6 Å². The highest BCUT2D eigenvalue weighted by atomic mass is 35.5. The van der Waals surface area contributed by atoms with E-state index in [4.69, 9.17) is 16.3 Å². The SMILES string of the molecule is CCOC(=O)Oc1[nH]c2ccc(Cl)cc2c1C=O. The van der Waals surface area contributed by atoms with Crippen LogP contribution in [0.5, 0.6) is 5.88 Å². The maximum atomic E-state index is 11.2. The van der Waals surface area contributed by atoms with Crippen LogP contribution in [0.25, 0.3) is 10.9 Å². The number of hydrogen-bond acceptors (Lipinski definition) is 4. The van der Waals surface area contributed by atoms with Gasteiger partial charge in [0.2, 0.25) is 5.88 Å². The van der Waals surface area contributed by atoms with Gasteiger partial charge in [-0.3, -0.25) is 4.79 Å². The summed E-state index contributed by atoms with van der Waals surface area (Å²) in [5, 5.41) is 1.09. The van der Waals surface area contributed by atoms with E-state index >= 15 is 0 Å². The summed E-state index contributed by atoms with van der Waals surface area (Å²) in [5.41, 5.74) is 0.890. The Bertz CT molecular complexity index is 605. The van der Waals surface area contributed by atoms with Crippen LogP contribution in [-0.2, 0) is 4.74 Å². The minimum atomic E-state index is -0.863. The average molecular weight is 268 g/mol. The molecule has 2 aromatic rings. The molecule has 0 bridgehead atoms. The fourth-order valence-electron chi connectivity index (χ4n) is 1.59. The molecule has 1 aromatic carbocycles. The third-order valence-electron chi connectivity index (χ3n) is 2.33. The molecule has 1 N–H and O–H groups in total. The van der Waals surface area contributed by atoms with Gasteiger partial charge in [-0.15, -0.1) is 0 Å². The molecule has 6 heteroatoms. The number of carbonyl (C=O) groups excluding carboxylic acids is 2. The molecule has 0 atom stereocenters. The molecule has 0 saturated heterocycles. The first-order valence-electron chi connectivity index (χ1n) is 5.26. The molecule has 0 fully saturated rings. The van der Waals surface area contributed by atoms with Crippen LogP contribution in [0.15, 0.2) is 18.2 Å². The number of rotatable bonds is 3. The third kappa shape index (κ3) is 2.31. The lowest BCUT2D eigenvalue weighted by Crippen LogP contribution is -2.11. The first kappa shape index (κ1) is 12.4. The first-order chi connectivity index (χ1) is 8.65. The van der Waals surface area contributed by atoms with Gasteiger partial charge in [0.25, 0.3) is 0 Å². The predicted octanol–water partition coefficient (Wildman–Crippen LogP) is 3.17. The summed E-state index contributed by atoms with van der Waals surface area (Å²) in [6.45, 7) is 1.86. The summed E-state index contributed by atoms with van der Waals surface area (Å²) in [4.78, 5) is 25.1. The van der Waals surface area contributed by atoms with Crippen molar-refractivity contribution in [3.05, 3.63) is 28.8 Å². The Kier molecular flexibility index (Phi) is 3.53. The van der Waals surface area contributed by atoms with Crippen LogP contribution in [-0.4, -0.2) is 24.0 Å². The van der Waals surface area contributed by atoms with E-state index in [1.807, 2.05) is 0 Å². The quantitative estimate of drug-likeness (QED) is 0.685. The van der Waals surface area contributed by atoms with Crippen LogP contribution < -0.4 is 4.74 Å². The summed E-state index contributed by atoms with van der Waals surface area (Å²) in [6, 6.07) is 4.99. The molecular formula is C12H10ClNO4. The number of benzene rings is 1. The lowest BCUT2D eigenvalue weighted by molar-refractivity contribution is 0.102. The number of aromatic amines is 1. The molecular weight excluding hydrogens is 258 g/mol. The van der Waals surface area contributed by atoms with Gasteiger partial charge in [-0.05, 0) is 25.1 Å². The van der Waals surface area contributed by atoms with Crippen LogP contribution in [0.2, 0.25) is 5.02 Å². The van der Waals surface area contributed by atoms with E-state index in [0.29, 0.717) is 22.2 Å². The smallest absolute Gasteiger partial charge is 0.434 e. The number of aromatic nitrogens is 1. The van der Waals surface area contributed by atoms with Crippen molar-refractivity contribution in [2.45, 2.75) is 6.92 Å². The van der Waals surface area contributed by atoms with Crippen LogP contribution in [0.3, 0.4) is 0 Å². The molecule has 5 nitrogen and oxygen atoms in total. The van der Waals surface area contributed by atoms with Crippen molar-refractivity contribution < 1.29 is 19.1 Å².